The number of ether oxygens (including phenoxy) is 1. The van der Waals surface area contributed by atoms with E-state index in [4.69, 9.17) is 4.74 Å². The van der Waals surface area contributed by atoms with Crippen molar-refractivity contribution in [1.29, 1.82) is 0 Å². The Kier molecular flexibility index (Phi) is 5.58. The first kappa shape index (κ1) is 20.6. The second-order valence-corrected chi connectivity index (χ2v) is 6.47. The molecule has 1 N–H and O–H groups in total. The maximum absolute atomic E-state index is 12.8. The third-order valence-corrected chi connectivity index (χ3v) is 4.58. The maximum atomic E-state index is 12.8. The highest BCUT2D eigenvalue weighted by Crippen LogP contribution is 2.33. The lowest BCUT2D eigenvalue weighted by Gasteiger charge is -2.31. The normalized spacial score (nSPS) is 19.8. The highest BCUT2D eigenvalue weighted by atomic mass is 16.6. The Morgan fingerprint density at radius 3 is 2.37 bits per heavy atom. The number of carbonyl (C=O) groups is 3. The monoisotopic (exact) mass is 410 g/mol. The number of Topliss-reactive ketones (excluding diaryl/α,β-unsaturated/α-hetero) is 1. The van der Waals surface area contributed by atoms with Gasteiger partial charge in [-0.1, -0.05) is 18.2 Å². The molecule has 0 saturated carbocycles. The fourth-order valence-corrected chi connectivity index (χ4v) is 3.08. The van der Waals surface area contributed by atoms with Gasteiger partial charge >= 0.3 is 11.9 Å². The van der Waals surface area contributed by atoms with Gasteiger partial charge in [0, 0.05) is 17.8 Å². The number of benzene rings is 2. The number of hydrogen-bond acceptors (Lipinski definition) is 8. The second kappa shape index (κ2) is 8.11. The predicted octanol–water partition coefficient (Wildman–Crippen LogP) is 2.30. The topological polar surface area (TPSA) is 131 Å². The van der Waals surface area contributed by atoms with E-state index in [1.54, 1.807) is 37.3 Å². The van der Waals surface area contributed by atoms with Crippen LogP contribution >= 0.6 is 0 Å². The van der Waals surface area contributed by atoms with Crippen LogP contribution in [0.3, 0.4) is 0 Å². The molecule has 0 aliphatic carbocycles. The third-order valence-electron chi connectivity index (χ3n) is 4.58. The number of carbonyl (C=O) groups excluding carboxylic acids is 3. The third kappa shape index (κ3) is 3.50. The minimum Gasteiger partial charge on any atom is -0.464 e. The van der Waals surface area contributed by atoms with Crippen LogP contribution in [-0.4, -0.2) is 40.4 Å². The highest BCUT2D eigenvalue weighted by Gasteiger charge is 2.60. The quantitative estimate of drug-likeness (QED) is 0.334. The summed E-state index contributed by atoms with van der Waals surface area (Å²) in [6.45, 7) is 3.04. The number of nitrogens with zero attached hydrogens (tertiary/aromatic N) is 3. The summed E-state index contributed by atoms with van der Waals surface area (Å²) >= 11 is 0. The molecule has 0 aromatic heterocycles. The van der Waals surface area contributed by atoms with E-state index in [2.05, 4.69) is 10.5 Å². The first-order valence-electron chi connectivity index (χ1n) is 9.00. The van der Waals surface area contributed by atoms with Crippen molar-refractivity contribution in [2.45, 2.75) is 19.4 Å². The summed E-state index contributed by atoms with van der Waals surface area (Å²) in [4.78, 5) is 49.6. The van der Waals surface area contributed by atoms with Gasteiger partial charge in [0.05, 0.1) is 17.2 Å². The number of para-hydroxylation sites is 1. The van der Waals surface area contributed by atoms with Crippen LogP contribution in [0.1, 0.15) is 13.8 Å². The Labute approximate surface area is 171 Å². The van der Waals surface area contributed by atoms with Crippen LogP contribution in [0.25, 0.3) is 0 Å². The summed E-state index contributed by atoms with van der Waals surface area (Å²) in [5.74, 6) is -2.68. The number of hydrogen-bond donors (Lipinski definition) is 1. The van der Waals surface area contributed by atoms with E-state index in [-0.39, 0.29) is 18.0 Å². The molecule has 1 aliphatic rings. The molecule has 0 spiro atoms. The van der Waals surface area contributed by atoms with E-state index in [0.717, 1.165) is 4.90 Å². The first-order chi connectivity index (χ1) is 14.3. The lowest BCUT2D eigenvalue weighted by atomic mass is 9.95. The zero-order chi connectivity index (χ0) is 21.9. The molecule has 154 valence electrons. The van der Waals surface area contributed by atoms with E-state index >= 15 is 0 Å². The van der Waals surface area contributed by atoms with Crippen molar-refractivity contribution in [1.82, 2.24) is 0 Å². The van der Waals surface area contributed by atoms with Crippen molar-refractivity contribution in [3.05, 3.63) is 64.7 Å². The van der Waals surface area contributed by atoms with Crippen LogP contribution in [0.15, 0.2) is 59.7 Å². The number of hydrazone groups is 1. The second-order valence-electron chi connectivity index (χ2n) is 6.47. The summed E-state index contributed by atoms with van der Waals surface area (Å²) in [6, 6.07) is 13.5. The molecular formula is C20H18N4O6. The van der Waals surface area contributed by atoms with Crippen molar-refractivity contribution < 1.29 is 24.0 Å². The molecule has 1 amide bonds. The zero-order valence-electron chi connectivity index (χ0n) is 16.2. The summed E-state index contributed by atoms with van der Waals surface area (Å²) in [5.41, 5.74) is 1.01. The van der Waals surface area contributed by atoms with E-state index in [0.29, 0.717) is 11.4 Å². The summed E-state index contributed by atoms with van der Waals surface area (Å²) < 4.78 is 5.13. The van der Waals surface area contributed by atoms with Gasteiger partial charge in [0.2, 0.25) is 0 Å². The standard InChI is InChI=1S/C20H18N4O6/c1-3-30-19(27)20(2)17(22-21-13-9-11-15(12-10-13)24(28)29)16(25)18(26)23(20)14-7-5-4-6-8-14/h4-12,21H,3H2,1-2H3/b22-17+/t20-/m1/s1. The molecule has 1 fully saturated rings. The molecule has 3 rings (SSSR count). The number of rotatable bonds is 6. The van der Waals surface area contributed by atoms with Crippen LogP contribution in [-0.2, 0) is 19.1 Å². The molecular weight excluding hydrogens is 392 g/mol. The highest BCUT2D eigenvalue weighted by molar-refractivity contribution is 6.75. The van der Waals surface area contributed by atoms with E-state index < -0.39 is 28.1 Å². The minimum atomic E-state index is -1.79. The molecule has 0 radical (unpaired) electrons. The van der Waals surface area contributed by atoms with Gasteiger partial charge in [-0.05, 0) is 38.1 Å². The van der Waals surface area contributed by atoms with Crippen molar-refractivity contribution >= 4 is 40.4 Å². The maximum Gasteiger partial charge on any atom is 0.338 e. The average Bonchev–Trinajstić information content (AvgIpc) is 2.94. The molecule has 1 aliphatic heterocycles. The Morgan fingerprint density at radius 1 is 1.17 bits per heavy atom. The number of nitro benzene ring substituents is 1. The Balaban J connectivity index is 2.03. The van der Waals surface area contributed by atoms with Gasteiger partial charge in [0.15, 0.2) is 11.3 Å². The van der Waals surface area contributed by atoms with Gasteiger partial charge < -0.3 is 4.74 Å². The number of non-ortho nitro benzene ring substituents is 1. The van der Waals surface area contributed by atoms with Gasteiger partial charge in [0.25, 0.3) is 11.5 Å². The van der Waals surface area contributed by atoms with Gasteiger partial charge in [-0.2, -0.15) is 5.10 Å². The fourth-order valence-electron chi connectivity index (χ4n) is 3.08. The zero-order valence-corrected chi connectivity index (χ0v) is 16.2. The molecule has 1 heterocycles. The van der Waals surface area contributed by atoms with Gasteiger partial charge in [-0.25, -0.2) is 4.79 Å². The Hall–Kier alpha value is -4.08. The van der Waals surface area contributed by atoms with Gasteiger partial charge in [0.1, 0.15) is 0 Å². The molecule has 0 unspecified atom stereocenters. The van der Waals surface area contributed by atoms with Crippen molar-refractivity contribution in [2.75, 3.05) is 16.9 Å². The number of anilines is 2. The Bertz CT molecular complexity index is 1040. The van der Waals surface area contributed by atoms with E-state index in [1.165, 1.54) is 31.2 Å². The molecule has 10 heteroatoms. The first-order valence-corrected chi connectivity index (χ1v) is 9.00. The summed E-state index contributed by atoms with van der Waals surface area (Å²) in [7, 11) is 0. The van der Waals surface area contributed by atoms with Crippen LogP contribution in [0.2, 0.25) is 0 Å². The molecule has 2 aromatic carbocycles. The lowest BCUT2D eigenvalue weighted by Crippen LogP contribution is -2.55. The molecule has 1 saturated heterocycles. The summed E-state index contributed by atoms with van der Waals surface area (Å²) in [6.07, 6.45) is 0. The SMILES string of the molecule is CCOC(=O)[C@@]1(C)/C(=N/Nc2ccc([N+](=O)[O-])cc2)C(=O)C(=O)N1c1ccccc1. The van der Waals surface area contributed by atoms with E-state index in [1.807, 2.05) is 0 Å². The largest absolute Gasteiger partial charge is 0.464 e. The lowest BCUT2D eigenvalue weighted by molar-refractivity contribution is -0.384. The Morgan fingerprint density at radius 2 is 1.80 bits per heavy atom. The van der Waals surface area contributed by atoms with Crippen LogP contribution in [0.5, 0.6) is 0 Å². The molecule has 2 aromatic rings. The molecule has 10 nitrogen and oxygen atoms in total. The van der Waals surface area contributed by atoms with Crippen LogP contribution in [0.4, 0.5) is 17.1 Å². The summed E-state index contributed by atoms with van der Waals surface area (Å²) in [5, 5.41) is 14.8. The number of nitrogens with one attached hydrogen (secondary N) is 1. The number of esters is 1. The molecule has 30 heavy (non-hydrogen) atoms. The van der Waals surface area contributed by atoms with Crippen LogP contribution in [0, 0.1) is 10.1 Å². The smallest absolute Gasteiger partial charge is 0.338 e. The van der Waals surface area contributed by atoms with E-state index in [9.17, 15) is 24.5 Å². The van der Waals surface area contributed by atoms with Crippen molar-refractivity contribution in [2.24, 2.45) is 5.10 Å². The average molecular weight is 410 g/mol. The van der Waals surface area contributed by atoms with Crippen LogP contribution < -0.4 is 10.3 Å². The molecule has 0 bridgehead atoms. The number of nitro groups is 1. The number of amides is 1. The van der Waals surface area contributed by atoms with Gasteiger partial charge in [-0.15, -0.1) is 0 Å². The predicted molar refractivity (Wildman–Crippen MR) is 108 cm³/mol. The van der Waals surface area contributed by atoms with Crippen molar-refractivity contribution in [3.8, 4) is 0 Å². The van der Waals surface area contributed by atoms with Crippen molar-refractivity contribution in [3.63, 3.8) is 0 Å². The fraction of sp³-hybridized carbons (Fsp3) is 0.200. The molecule has 1 atom stereocenters. The number of ketones is 1. The van der Waals surface area contributed by atoms with Gasteiger partial charge in [-0.3, -0.25) is 30.0 Å². The minimum absolute atomic E-state index is 0.0441.